The average molecular weight is 352 g/mol. The second-order valence-electron chi connectivity index (χ2n) is 5.08. The molecular weight excluding hydrogens is 336 g/mol. The molecule has 132 valence electrons. The quantitative estimate of drug-likeness (QED) is 0.240. The Hall–Kier alpha value is -3.78. The summed E-state index contributed by atoms with van der Waals surface area (Å²) in [5.41, 5.74) is 2.43. The van der Waals surface area contributed by atoms with Crippen molar-refractivity contribution in [2.45, 2.75) is 0 Å². The molecule has 8 nitrogen and oxygen atoms in total. The van der Waals surface area contributed by atoms with Gasteiger partial charge in [-0.05, 0) is 23.8 Å². The summed E-state index contributed by atoms with van der Waals surface area (Å²) in [6, 6.07) is 14.9. The van der Waals surface area contributed by atoms with E-state index in [1.54, 1.807) is 24.3 Å². The first-order valence-electron chi connectivity index (χ1n) is 7.51. The van der Waals surface area contributed by atoms with Crippen molar-refractivity contribution in [2.24, 2.45) is 5.84 Å². The minimum Gasteiger partial charge on any atom is -0.318 e. The van der Waals surface area contributed by atoms with Crippen LogP contribution >= 0.6 is 0 Å². The van der Waals surface area contributed by atoms with Gasteiger partial charge in [-0.3, -0.25) is 25.1 Å². The number of nitro groups is 1. The number of carbonyl (C=O) groups excluding carboxylic acids is 2. The molecular formula is C18H16N4O4. The summed E-state index contributed by atoms with van der Waals surface area (Å²) >= 11 is 0. The number of hydrogen-bond acceptors (Lipinski definition) is 5. The van der Waals surface area contributed by atoms with Gasteiger partial charge in [0.15, 0.2) is 0 Å². The highest BCUT2D eigenvalue weighted by Crippen LogP contribution is 2.20. The van der Waals surface area contributed by atoms with Gasteiger partial charge in [0.25, 0.3) is 11.6 Å². The summed E-state index contributed by atoms with van der Waals surface area (Å²) in [6.45, 7) is 0. The molecule has 2 aromatic carbocycles. The zero-order chi connectivity index (χ0) is 18.9. The summed E-state index contributed by atoms with van der Waals surface area (Å²) in [4.78, 5) is 34.5. The summed E-state index contributed by atoms with van der Waals surface area (Å²) in [6.07, 6.45) is 4.00. The van der Waals surface area contributed by atoms with Gasteiger partial charge in [0.1, 0.15) is 5.70 Å². The van der Waals surface area contributed by atoms with Crippen LogP contribution in [0.1, 0.15) is 11.1 Å². The summed E-state index contributed by atoms with van der Waals surface area (Å²) in [5.74, 6) is 3.75. The Kier molecular flexibility index (Phi) is 6.35. The summed E-state index contributed by atoms with van der Waals surface area (Å²) in [7, 11) is 0. The molecule has 0 aliphatic rings. The third-order valence-electron chi connectivity index (χ3n) is 3.29. The Bertz CT molecular complexity index is 876. The van der Waals surface area contributed by atoms with E-state index in [1.807, 2.05) is 23.6 Å². The van der Waals surface area contributed by atoms with E-state index in [1.165, 1.54) is 30.4 Å². The number of nitro benzene ring substituents is 1. The molecule has 0 atom stereocenters. The van der Waals surface area contributed by atoms with E-state index in [0.29, 0.717) is 0 Å². The lowest BCUT2D eigenvalue weighted by Crippen LogP contribution is -2.37. The smallest absolute Gasteiger partial charge is 0.281 e. The Morgan fingerprint density at radius 3 is 2.35 bits per heavy atom. The van der Waals surface area contributed by atoms with Crippen molar-refractivity contribution in [3.8, 4) is 0 Å². The van der Waals surface area contributed by atoms with Crippen LogP contribution < -0.4 is 16.6 Å². The van der Waals surface area contributed by atoms with Crippen molar-refractivity contribution in [1.82, 2.24) is 10.7 Å². The first kappa shape index (κ1) is 18.6. The molecule has 0 saturated carbocycles. The fourth-order valence-corrected chi connectivity index (χ4v) is 2.08. The molecule has 2 aromatic rings. The SMILES string of the molecule is NNC(=O)/C(=C/c1ccccc1[N+](=O)[O-])NC(=O)/C=C/c1ccccc1. The lowest BCUT2D eigenvalue weighted by molar-refractivity contribution is -0.385. The van der Waals surface area contributed by atoms with Crippen molar-refractivity contribution in [3.63, 3.8) is 0 Å². The average Bonchev–Trinajstić information content (AvgIpc) is 2.66. The fourth-order valence-electron chi connectivity index (χ4n) is 2.08. The topological polar surface area (TPSA) is 127 Å². The molecule has 0 bridgehead atoms. The van der Waals surface area contributed by atoms with Gasteiger partial charge < -0.3 is 5.32 Å². The van der Waals surface area contributed by atoms with E-state index in [2.05, 4.69) is 5.32 Å². The lowest BCUT2D eigenvalue weighted by atomic mass is 10.1. The van der Waals surface area contributed by atoms with Crippen molar-refractivity contribution >= 4 is 29.7 Å². The molecule has 0 radical (unpaired) electrons. The maximum atomic E-state index is 12.1. The summed E-state index contributed by atoms with van der Waals surface area (Å²) in [5, 5.41) is 13.5. The van der Waals surface area contributed by atoms with Gasteiger partial charge in [-0.2, -0.15) is 0 Å². The van der Waals surface area contributed by atoms with E-state index < -0.39 is 16.7 Å². The highest BCUT2D eigenvalue weighted by atomic mass is 16.6. The molecule has 4 N–H and O–H groups in total. The van der Waals surface area contributed by atoms with E-state index in [0.717, 1.165) is 5.56 Å². The number of hydrogen-bond donors (Lipinski definition) is 3. The van der Waals surface area contributed by atoms with E-state index in [-0.39, 0.29) is 16.9 Å². The van der Waals surface area contributed by atoms with Crippen LogP contribution in [0.15, 0.2) is 66.4 Å². The number of benzene rings is 2. The molecule has 0 aromatic heterocycles. The third kappa shape index (κ3) is 5.11. The highest BCUT2D eigenvalue weighted by Gasteiger charge is 2.15. The minimum absolute atomic E-state index is 0.156. The predicted octanol–water partition coefficient (Wildman–Crippen LogP) is 1.76. The van der Waals surface area contributed by atoms with Gasteiger partial charge in [-0.1, -0.05) is 42.5 Å². The zero-order valence-electron chi connectivity index (χ0n) is 13.6. The summed E-state index contributed by atoms with van der Waals surface area (Å²) < 4.78 is 0. The molecule has 8 heteroatoms. The molecule has 0 saturated heterocycles. The number of amides is 2. The van der Waals surface area contributed by atoms with Crippen LogP contribution in [-0.2, 0) is 9.59 Å². The Balaban J connectivity index is 2.26. The Morgan fingerprint density at radius 1 is 1.04 bits per heavy atom. The van der Waals surface area contributed by atoms with Crippen LogP contribution in [-0.4, -0.2) is 16.7 Å². The third-order valence-corrected chi connectivity index (χ3v) is 3.29. The highest BCUT2D eigenvalue weighted by molar-refractivity contribution is 6.04. The Morgan fingerprint density at radius 2 is 1.69 bits per heavy atom. The minimum atomic E-state index is -0.787. The normalized spacial score (nSPS) is 11.2. The largest absolute Gasteiger partial charge is 0.318 e. The van der Waals surface area contributed by atoms with Crippen LogP contribution in [0.2, 0.25) is 0 Å². The number of nitrogens with one attached hydrogen (secondary N) is 2. The first-order chi connectivity index (χ1) is 12.5. The molecule has 26 heavy (non-hydrogen) atoms. The molecule has 0 aliphatic heterocycles. The maximum absolute atomic E-state index is 12.1. The van der Waals surface area contributed by atoms with Gasteiger partial charge >= 0.3 is 0 Å². The predicted molar refractivity (Wildman–Crippen MR) is 97.0 cm³/mol. The van der Waals surface area contributed by atoms with E-state index in [4.69, 9.17) is 5.84 Å². The standard InChI is InChI=1S/C18H16N4O4/c19-21-18(24)15(12-14-8-4-5-9-16(14)22(25)26)20-17(23)11-10-13-6-2-1-3-7-13/h1-12H,19H2,(H,20,23)(H,21,24)/b11-10+,15-12-. The number of carbonyl (C=O) groups is 2. The number of nitrogens with two attached hydrogens (primary N) is 1. The molecule has 0 heterocycles. The second-order valence-corrected chi connectivity index (χ2v) is 5.08. The van der Waals surface area contributed by atoms with Crippen molar-refractivity contribution < 1.29 is 14.5 Å². The van der Waals surface area contributed by atoms with Crippen molar-refractivity contribution in [3.05, 3.63) is 87.6 Å². The van der Waals surface area contributed by atoms with Gasteiger partial charge in [-0.25, -0.2) is 5.84 Å². The van der Waals surface area contributed by atoms with Crippen LogP contribution in [0.4, 0.5) is 5.69 Å². The van der Waals surface area contributed by atoms with Gasteiger partial charge in [0, 0.05) is 12.1 Å². The molecule has 0 aliphatic carbocycles. The van der Waals surface area contributed by atoms with Crippen LogP contribution in [0.5, 0.6) is 0 Å². The van der Waals surface area contributed by atoms with Gasteiger partial charge in [0.2, 0.25) is 5.91 Å². The number of hydrazine groups is 1. The molecule has 2 rings (SSSR count). The van der Waals surface area contributed by atoms with Crippen LogP contribution in [0.3, 0.4) is 0 Å². The number of nitrogens with zero attached hydrogens (tertiary/aromatic N) is 1. The number of para-hydroxylation sites is 1. The monoisotopic (exact) mass is 352 g/mol. The maximum Gasteiger partial charge on any atom is 0.281 e. The second kappa shape index (κ2) is 8.90. The van der Waals surface area contributed by atoms with Crippen LogP contribution in [0.25, 0.3) is 12.2 Å². The molecule has 0 fully saturated rings. The van der Waals surface area contributed by atoms with Crippen molar-refractivity contribution in [1.29, 1.82) is 0 Å². The van der Waals surface area contributed by atoms with E-state index in [9.17, 15) is 19.7 Å². The van der Waals surface area contributed by atoms with Gasteiger partial charge in [0.05, 0.1) is 10.5 Å². The van der Waals surface area contributed by atoms with Crippen molar-refractivity contribution in [2.75, 3.05) is 0 Å². The zero-order valence-corrected chi connectivity index (χ0v) is 13.6. The van der Waals surface area contributed by atoms with E-state index >= 15 is 0 Å². The first-order valence-corrected chi connectivity index (χ1v) is 7.51. The van der Waals surface area contributed by atoms with Crippen LogP contribution in [0, 0.1) is 10.1 Å². The van der Waals surface area contributed by atoms with Gasteiger partial charge in [-0.15, -0.1) is 0 Å². The molecule has 0 spiro atoms. The lowest BCUT2D eigenvalue weighted by Gasteiger charge is -2.07. The molecule has 2 amide bonds. The number of rotatable bonds is 6. The molecule has 0 unspecified atom stereocenters. The Labute approximate surface area is 149 Å². The fraction of sp³-hybridized carbons (Fsp3) is 0.